The fourth-order valence-corrected chi connectivity index (χ4v) is 3.49. The van der Waals surface area contributed by atoms with Crippen LogP contribution in [-0.2, 0) is 16.6 Å². The molecule has 0 fully saturated rings. The average Bonchev–Trinajstić information content (AvgIpc) is 2.54. The SMILES string of the molecule is CC/C=C(/F)N(Cc1ccccc1)S(=O)(=O)c1ccc(C)cc1. The van der Waals surface area contributed by atoms with E-state index in [9.17, 15) is 12.8 Å². The number of rotatable bonds is 6. The van der Waals surface area contributed by atoms with Crippen molar-refractivity contribution in [2.45, 2.75) is 31.7 Å². The van der Waals surface area contributed by atoms with Crippen LogP contribution in [0.2, 0.25) is 0 Å². The molecule has 0 amide bonds. The van der Waals surface area contributed by atoms with Crippen LogP contribution in [0, 0.1) is 6.92 Å². The van der Waals surface area contributed by atoms with Crippen molar-refractivity contribution < 1.29 is 12.8 Å². The number of aryl methyl sites for hydroxylation is 1. The Bertz CT molecular complexity index is 768. The van der Waals surface area contributed by atoms with Crippen molar-refractivity contribution in [1.82, 2.24) is 4.31 Å². The highest BCUT2D eigenvalue weighted by atomic mass is 32.2. The topological polar surface area (TPSA) is 37.4 Å². The molecule has 0 spiro atoms. The van der Waals surface area contributed by atoms with Crippen LogP contribution < -0.4 is 0 Å². The van der Waals surface area contributed by atoms with Crippen LogP contribution >= 0.6 is 0 Å². The van der Waals surface area contributed by atoms with E-state index in [-0.39, 0.29) is 11.4 Å². The molecule has 0 aromatic heterocycles. The van der Waals surface area contributed by atoms with Crippen molar-refractivity contribution in [3.05, 3.63) is 77.8 Å². The van der Waals surface area contributed by atoms with Gasteiger partial charge in [-0.15, -0.1) is 0 Å². The second-order valence-electron chi connectivity index (χ2n) is 5.25. The zero-order valence-electron chi connectivity index (χ0n) is 13.2. The molecule has 2 rings (SSSR count). The third kappa shape index (κ3) is 4.20. The molecule has 0 atom stereocenters. The van der Waals surface area contributed by atoms with Crippen molar-refractivity contribution in [1.29, 1.82) is 0 Å². The summed E-state index contributed by atoms with van der Waals surface area (Å²) in [5, 5.41) is 0. The lowest BCUT2D eigenvalue weighted by molar-refractivity contribution is 0.377. The highest BCUT2D eigenvalue weighted by Crippen LogP contribution is 2.24. The van der Waals surface area contributed by atoms with E-state index >= 15 is 0 Å². The van der Waals surface area contributed by atoms with Crippen LogP contribution in [0.1, 0.15) is 24.5 Å². The van der Waals surface area contributed by atoms with Gasteiger partial charge in [-0.2, -0.15) is 4.39 Å². The summed E-state index contributed by atoms with van der Waals surface area (Å²) in [7, 11) is -3.95. The van der Waals surface area contributed by atoms with E-state index in [1.807, 2.05) is 13.0 Å². The van der Waals surface area contributed by atoms with Crippen LogP contribution in [0.3, 0.4) is 0 Å². The maximum atomic E-state index is 14.4. The summed E-state index contributed by atoms with van der Waals surface area (Å²) in [5.74, 6) is -0.753. The smallest absolute Gasteiger partial charge is 0.237 e. The normalized spacial score (nSPS) is 12.2. The molecule has 0 bridgehead atoms. The van der Waals surface area contributed by atoms with Crippen LogP contribution in [-0.4, -0.2) is 12.7 Å². The zero-order valence-corrected chi connectivity index (χ0v) is 14.1. The zero-order chi connectivity index (χ0) is 16.9. The Morgan fingerprint density at radius 3 is 2.26 bits per heavy atom. The molecule has 5 heteroatoms. The molecule has 2 aromatic rings. The molecule has 0 unspecified atom stereocenters. The summed E-state index contributed by atoms with van der Waals surface area (Å²) in [5.41, 5.74) is 1.67. The minimum atomic E-state index is -3.95. The maximum absolute atomic E-state index is 14.4. The molecule has 0 radical (unpaired) electrons. The predicted octanol–water partition coefficient (Wildman–Crippen LogP) is 4.41. The first kappa shape index (κ1) is 17.2. The molecule has 122 valence electrons. The summed E-state index contributed by atoms with van der Waals surface area (Å²) >= 11 is 0. The van der Waals surface area contributed by atoms with E-state index in [4.69, 9.17) is 0 Å². The van der Waals surface area contributed by atoms with Gasteiger partial charge in [0.2, 0.25) is 0 Å². The molecular weight excluding hydrogens is 313 g/mol. The van der Waals surface area contributed by atoms with Crippen LogP contribution in [0.25, 0.3) is 0 Å². The monoisotopic (exact) mass is 333 g/mol. The Balaban J connectivity index is 2.43. The number of nitrogens with zero attached hydrogens (tertiary/aromatic N) is 1. The lowest BCUT2D eigenvalue weighted by Crippen LogP contribution is -2.28. The van der Waals surface area contributed by atoms with Crippen molar-refractivity contribution in [3.63, 3.8) is 0 Å². The highest BCUT2D eigenvalue weighted by molar-refractivity contribution is 7.89. The summed E-state index contributed by atoms with van der Waals surface area (Å²) in [6.07, 6.45) is 1.69. The van der Waals surface area contributed by atoms with Gasteiger partial charge in [0.25, 0.3) is 10.0 Å². The average molecular weight is 333 g/mol. The number of benzene rings is 2. The van der Waals surface area contributed by atoms with Crippen molar-refractivity contribution in [2.75, 3.05) is 0 Å². The third-order valence-corrected chi connectivity index (χ3v) is 5.14. The van der Waals surface area contributed by atoms with E-state index in [2.05, 4.69) is 0 Å². The molecule has 0 aliphatic heterocycles. The lowest BCUT2D eigenvalue weighted by atomic mass is 10.2. The van der Waals surface area contributed by atoms with E-state index in [1.165, 1.54) is 18.2 Å². The summed E-state index contributed by atoms with van der Waals surface area (Å²) in [6, 6.07) is 15.4. The highest BCUT2D eigenvalue weighted by Gasteiger charge is 2.26. The van der Waals surface area contributed by atoms with Crippen molar-refractivity contribution >= 4 is 10.0 Å². The van der Waals surface area contributed by atoms with Crippen LogP contribution in [0.15, 0.2) is 71.5 Å². The molecule has 0 aliphatic rings. The molecule has 0 heterocycles. The third-order valence-electron chi connectivity index (χ3n) is 3.39. The Labute approximate surface area is 137 Å². The van der Waals surface area contributed by atoms with Gasteiger partial charge < -0.3 is 0 Å². The number of hydrogen-bond acceptors (Lipinski definition) is 2. The standard InChI is InChI=1S/C18H20FNO2S/c1-3-7-18(19)20(14-16-8-5-4-6-9-16)23(21,22)17-12-10-15(2)11-13-17/h4-13H,3,14H2,1-2H3/b18-7-. The van der Waals surface area contributed by atoms with Gasteiger partial charge in [-0.05, 0) is 37.1 Å². The fourth-order valence-electron chi connectivity index (χ4n) is 2.13. The molecule has 0 saturated carbocycles. The maximum Gasteiger partial charge on any atom is 0.266 e. The quantitative estimate of drug-likeness (QED) is 0.735. The molecule has 23 heavy (non-hydrogen) atoms. The van der Waals surface area contributed by atoms with Crippen molar-refractivity contribution in [3.8, 4) is 0 Å². The van der Waals surface area contributed by atoms with Gasteiger partial charge in [0, 0.05) is 0 Å². The Kier molecular flexibility index (Phi) is 5.55. The minimum absolute atomic E-state index is 0.0423. The van der Waals surface area contributed by atoms with Crippen LogP contribution in [0.5, 0.6) is 0 Å². The van der Waals surface area contributed by atoms with Gasteiger partial charge in [-0.1, -0.05) is 55.0 Å². The van der Waals surface area contributed by atoms with E-state index < -0.39 is 16.0 Å². The van der Waals surface area contributed by atoms with E-state index in [0.29, 0.717) is 6.42 Å². The lowest BCUT2D eigenvalue weighted by Gasteiger charge is -2.22. The second-order valence-corrected chi connectivity index (χ2v) is 7.11. The summed E-state index contributed by atoms with van der Waals surface area (Å²) in [6.45, 7) is 3.59. The number of hydrogen-bond donors (Lipinski definition) is 0. The Morgan fingerprint density at radius 2 is 1.70 bits per heavy atom. The Hall–Kier alpha value is -2.14. The van der Waals surface area contributed by atoms with Gasteiger partial charge in [0.05, 0.1) is 11.4 Å². The first-order valence-electron chi connectivity index (χ1n) is 7.44. The first-order chi connectivity index (χ1) is 10.9. The molecule has 0 saturated heterocycles. The largest absolute Gasteiger partial charge is 0.266 e. The minimum Gasteiger partial charge on any atom is -0.237 e. The number of allylic oxidation sites excluding steroid dienone is 1. The van der Waals surface area contributed by atoms with Gasteiger partial charge in [-0.25, -0.2) is 12.7 Å². The molecule has 0 aliphatic carbocycles. The van der Waals surface area contributed by atoms with E-state index in [0.717, 1.165) is 15.4 Å². The van der Waals surface area contributed by atoms with Gasteiger partial charge in [0.15, 0.2) is 5.95 Å². The first-order valence-corrected chi connectivity index (χ1v) is 8.88. The molecule has 2 aromatic carbocycles. The van der Waals surface area contributed by atoms with Gasteiger partial charge in [0.1, 0.15) is 0 Å². The van der Waals surface area contributed by atoms with Crippen molar-refractivity contribution in [2.24, 2.45) is 0 Å². The van der Waals surface area contributed by atoms with E-state index in [1.54, 1.807) is 43.3 Å². The number of halogens is 1. The molecule has 0 N–H and O–H groups in total. The predicted molar refractivity (Wildman–Crippen MR) is 89.8 cm³/mol. The molecular formula is C18H20FNO2S. The number of sulfonamides is 1. The van der Waals surface area contributed by atoms with Gasteiger partial charge >= 0.3 is 0 Å². The van der Waals surface area contributed by atoms with Crippen LogP contribution in [0.4, 0.5) is 4.39 Å². The van der Waals surface area contributed by atoms with Gasteiger partial charge in [-0.3, -0.25) is 0 Å². The fraction of sp³-hybridized carbons (Fsp3) is 0.222. The second kappa shape index (κ2) is 7.42. The summed E-state index contributed by atoms with van der Waals surface area (Å²) in [4.78, 5) is 0.0821. The summed E-state index contributed by atoms with van der Waals surface area (Å²) < 4.78 is 40.9. The Morgan fingerprint density at radius 1 is 1.09 bits per heavy atom. The molecule has 3 nitrogen and oxygen atoms in total.